The zero-order chi connectivity index (χ0) is 18.3. The van der Waals surface area contributed by atoms with Gasteiger partial charge < -0.3 is 0 Å². The molecule has 1 nitrogen and oxygen atoms in total. The fourth-order valence-electron chi connectivity index (χ4n) is 3.64. The van der Waals surface area contributed by atoms with Gasteiger partial charge in [-0.25, -0.2) is 0 Å². The fourth-order valence-corrected chi connectivity index (χ4v) is 3.64. The van der Waals surface area contributed by atoms with Crippen LogP contribution in [0, 0.1) is 0 Å². The molecular formula is C26H25N. The van der Waals surface area contributed by atoms with Gasteiger partial charge in [0.15, 0.2) is 0 Å². The van der Waals surface area contributed by atoms with E-state index in [-0.39, 0.29) is 0 Å². The number of rotatable bonds is 7. The molecule has 0 aliphatic rings. The van der Waals surface area contributed by atoms with Crippen molar-refractivity contribution >= 4 is 10.8 Å². The maximum Gasteiger partial charge on any atom is 0.0525 e. The number of aromatic nitrogens is 1. The predicted molar refractivity (Wildman–Crippen MR) is 114 cm³/mol. The lowest BCUT2D eigenvalue weighted by Crippen LogP contribution is -1.94. The van der Waals surface area contributed by atoms with Crippen LogP contribution in [-0.4, -0.2) is 4.98 Å². The Bertz CT molecular complexity index is 982. The SMILES string of the molecule is c1ccc(CCCCc2ccc(Cc3nccc4ccccc34)cc2)cc1. The highest BCUT2D eigenvalue weighted by molar-refractivity contribution is 5.84. The molecule has 0 saturated heterocycles. The van der Waals surface area contributed by atoms with Crippen molar-refractivity contribution in [3.63, 3.8) is 0 Å². The smallest absolute Gasteiger partial charge is 0.0525 e. The summed E-state index contributed by atoms with van der Waals surface area (Å²) in [6.45, 7) is 0. The van der Waals surface area contributed by atoms with Crippen LogP contribution in [0.1, 0.15) is 35.2 Å². The molecule has 0 fully saturated rings. The van der Waals surface area contributed by atoms with Gasteiger partial charge in [-0.1, -0.05) is 78.9 Å². The maximum atomic E-state index is 4.61. The Morgan fingerprint density at radius 3 is 1.96 bits per heavy atom. The van der Waals surface area contributed by atoms with Crippen molar-refractivity contribution in [2.75, 3.05) is 0 Å². The van der Waals surface area contributed by atoms with Crippen LogP contribution in [0.2, 0.25) is 0 Å². The zero-order valence-electron chi connectivity index (χ0n) is 15.6. The van der Waals surface area contributed by atoms with Gasteiger partial charge in [0.2, 0.25) is 0 Å². The summed E-state index contributed by atoms with van der Waals surface area (Å²) in [5.74, 6) is 0. The number of nitrogens with zero attached hydrogens (tertiary/aromatic N) is 1. The molecule has 0 amide bonds. The molecule has 1 heteroatoms. The number of fused-ring (bicyclic) bond motifs is 1. The summed E-state index contributed by atoms with van der Waals surface area (Å²) in [7, 11) is 0. The third-order valence-corrected chi connectivity index (χ3v) is 5.17. The largest absolute Gasteiger partial charge is 0.260 e. The molecule has 0 N–H and O–H groups in total. The molecule has 1 aromatic heterocycles. The number of aryl methyl sites for hydroxylation is 2. The average Bonchev–Trinajstić information content (AvgIpc) is 2.73. The first-order valence-electron chi connectivity index (χ1n) is 9.83. The Labute approximate surface area is 161 Å². The number of unbranched alkanes of at least 4 members (excludes halogenated alkanes) is 1. The first kappa shape index (κ1) is 17.5. The molecule has 4 rings (SSSR count). The second-order valence-corrected chi connectivity index (χ2v) is 7.16. The van der Waals surface area contributed by atoms with Crippen molar-refractivity contribution in [2.45, 2.75) is 32.1 Å². The molecule has 0 aliphatic heterocycles. The molecule has 0 saturated carbocycles. The van der Waals surface area contributed by atoms with E-state index in [0.29, 0.717) is 0 Å². The number of benzene rings is 3. The average molecular weight is 351 g/mol. The number of hydrogen-bond donors (Lipinski definition) is 0. The van der Waals surface area contributed by atoms with Gasteiger partial charge in [0, 0.05) is 18.0 Å². The molecule has 0 bridgehead atoms. The Balaban J connectivity index is 1.33. The van der Waals surface area contributed by atoms with Crippen molar-refractivity contribution in [3.05, 3.63) is 114 Å². The summed E-state index contributed by atoms with van der Waals surface area (Å²) >= 11 is 0. The van der Waals surface area contributed by atoms with Gasteiger partial charge in [0.05, 0.1) is 5.69 Å². The van der Waals surface area contributed by atoms with Crippen molar-refractivity contribution in [3.8, 4) is 0 Å². The first-order valence-corrected chi connectivity index (χ1v) is 9.83. The van der Waals surface area contributed by atoms with E-state index in [1.165, 1.54) is 46.7 Å². The molecule has 0 spiro atoms. The van der Waals surface area contributed by atoms with Crippen LogP contribution in [-0.2, 0) is 19.3 Å². The third kappa shape index (κ3) is 4.62. The molecule has 0 atom stereocenters. The normalized spacial score (nSPS) is 11.0. The minimum Gasteiger partial charge on any atom is -0.260 e. The summed E-state index contributed by atoms with van der Waals surface area (Å²) in [5.41, 5.74) is 5.35. The quantitative estimate of drug-likeness (QED) is 0.351. The summed E-state index contributed by atoms with van der Waals surface area (Å²) in [5, 5.41) is 2.52. The Morgan fingerprint density at radius 2 is 1.19 bits per heavy atom. The highest BCUT2D eigenvalue weighted by Crippen LogP contribution is 2.20. The van der Waals surface area contributed by atoms with Gasteiger partial charge in [-0.2, -0.15) is 0 Å². The second-order valence-electron chi connectivity index (χ2n) is 7.16. The molecule has 1 heterocycles. The van der Waals surface area contributed by atoms with Gasteiger partial charge in [-0.05, 0) is 53.8 Å². The zero-order valence-corrected chi connectivity index (χ0v) is 15.6. The molecular weight excluding hydrogens is 326 g/mol. The topological polar surface area (TPSA) is 12.9 Å². The van der Waals surface area contributed by atoms with E-state index in [2.05, 4.69) is 89.9 Å². The summed E-state index contributed by atoms with van der Waals surface area (Å²) in [4.78, 5) is 4.61. The van der Waals surface area contributed by atoms with E-state index in [1.807, 2.05) is 6.20 Å². The van der Waals surface area contributed by atoms with E-state index < -0.39 is 0 Å². The Kier molecular flexibility index (Phi) is 5.59. The maximum absolute atomic E-state index is 4.61. The minimum atomic E-state index is 0.885. The van der Waals surface area contributed by atoms with Crippen LogP contribution >= 0.6 is 0 Å². The highest BCUT2D eigenvalue weighted by Gasteiger charge is 2.04. The highest BCUT2D eigenvalue weighted by atomic mass is 14.7. The van der Waals surface area contributed by atoms with Crippen LogP contribution in [0.5, 0.6) is 0 Å². The second kappa shape index (κ2) is 8.64. The van der Waals surface area contributed by atoms with Crippen molar-refractivity contribution in [2.24, 2.45) is 0 Å². The van der Waals surface area contributed by atoms with Crippen molar-refractivity contribution in [1.82, 2.24) is 4.98 Å². The summed E-state index contributed by atoms with van der Waals surface area (Å²) in [6, 6.07) is 30.4. The molecule has 27 heavy (non-hydrogen) atoms. The Morgan fingerprint density at radius 1 is 0.556 bits per heavy atom. The number of hydrogen-bond acceptors (Lipinski definition) is 1. The van der Waals surface area contributed by atoms with E-state index in [0.717, 1.165) is 18.5 Å². The van der Waals surface area contributed by atoms with E-state index in [9.17, 15) is 0 Å². The first-order chi connectivity index (χ1) is 13.4. The molecule has 134 valence electrons. The van der Waals surface area contributed by atoms with E-state index in [1.54, 1.807) is 0 Å². The van der Waals surface area contributed by atoms with Crippen LogP contribution in [0.3, 0.4) is 0 Å². The Hall–Kier alpha value is -2.93. The minimum absolute atomic E-state index is 0.885. The van der Waals surface area contributed by atoms with Crippen LogP contribution in [0.4, 0.5) is 0 Å². The van der Waals surface area contributed by atoms with E-state index in [4.69, 9.17) is 0 Å². The molecule has 0 unspecified atom stereocenters. The van der Waals surface area contributed by atoms with Gasteiger partial charge >= 0.3 is 0 Å². The van der Waals surface area contributed by atoms with Crippen LogP contribution < -0.4 is 0 Å². The monoisotopic (exact) mass is 351 g/mol. The van der Waals surface area contributed by atoms with Crippen LogP contribution in [0.15, 0.2) is 91.1 Å². The fraction of sp³-hybridized carbons (Fsp3) is 0.192. The predicted octanol–water partition coefficient (Wildman–Crippen LogP) is 6.39. The lowest BCUT2D eigenvalue weighted by Gasteiger charge is -2.07. The summed E-state index contributed by atoms with van der Waals surface area (Å²) in [6.07, 6.45) is 7.60. The standard InChI is InChI=1S/C26H25N/c1-2-8-21(9-3-1)10-4-5-11-22-14-16-23(17-15-22)20-26-25-13-7-6-12-24(25)18-19-27-26/h1-3,6-9,12-19H,4-5,10-11,20H2. The molecule has 3 aromatic carbocycles. The van der Waals surface area contributed by atoms with Crippen molar-refractivity contribution < 1.29 is 0 Å². The van der Waals surface area contributed by atoms with Gasteiger partial charge in [0.1, 0.15) is 0 Å². The van der Waals surface area contributed by atoms with Gasteiger partial charge in [0.25, 0.3) is 0 Å². The molecule has 0 radical (unpaired) electrons. The third-order valence-electron chi connectivity index (χ3n) is 5.17. The lowest BCUT2D eigenvalue weighted by molar-refractivity contribution is 0.734. The molecule has 0 aliphatic carbocycles. The van der Waals surface area contributed by atoms with Crippen molar-refractivity contribution in [1.29, 1.82) is 0 Å². The van der Waals surface area contributed by atoms with Crippen LogP contribution in [0.25, 0.3) is 10.8 Å². The molecule has 4 aromatic rings. The summed E-state index contributed by atoms with van der Waals surface area (Å²) < 4.78 is 0. The van der Waals surface area contributed by atoms with Gasteiger partial charge in [-0.3, -0.25) is 4.98 Å². The van der Waals surface area contributed by atoms with E-state index >= 15 is 0 Å². The lowest BCUT2D eigenvalue weighted by atomic mass is 10.00. The number of pyridine rings is 1. The van der Waals surface area contributed by atoms with Gasteiger partial charge in [-0.15, -0.1) is 0 Å².